The highest BCUT2D eigenvalue weighted by Crippen LogP contribution is 2.17. The predicted octanol–water partition coefficient (Wildman–Crippen LogP) is 1.43. The molecule has 0 bridgehead atoms. The van der Waals surface area contributed by atoms with Crippen molar-refractivity contribution < 1.29 is 19.0 Å². The van der Waals surface area contributed by atoms with Gasteiger partial charge in [-0.25, -0.2) is 9.69 Å². The molecule has 8 heteroatoms. The first kappa shape index (κ1) is 15.7. The molecule has 110 valence electrons. The second kappa shape index (κ2) is 7.93. The van der Waals surface area contributed by atoms with Crippen molar-refractivity contribution in [3.63, 3.8) is 0 Å². The molecule has 1 heterocycles. The first-order valence-corrected chi connectivity index (χ1v) is 6.14. The largest absolute Gasteiger partial charge is 0.464 e. The monoisotopic (exact) mass is 282 g/mol. The Bertz CT molecular complexity index is 443. The number of nitrogens with zero attached hydrogens (tertiary/aromatic N) is 4. The number of amides is 1. The van der Waals surface area contributed by atoms with Gasteiger partial charge >= 0.3 is 18.1 Å². The Morgan fingerprint density at radius 3 is 2.15 bits per heavy atom. The highest BCUT2D eigenvalue weighted by molar-refractivity contribution is 5.85. The number of carbonyl (C=O) groups excluding carboxylic acids is 1. The molecule has 1 aromatic heterocycles. The standard InChI is InChI=1S/C12H18N4O4/c1-5-8-16(12(17)18-4)9-13-10(19-6-2)15-11(14-9)20-7-3/h5H,1,6-8H2,2-4H3. The number of methoxy groups -OCH3 is 1. The summed E-state index contributed by atoms with van der Waals surface area (Å²) in [6, 6.07) is 0.165. The summed E-state index contributed by atoms with van der Waals surface area (Å²) in [5.41, 5.74) is 0. The van der Waals surface area contributed by atoms with Gasteiger partial charge in [0, 0.05) is 0 Å². The zero-order valence-corrected chi connectivity index (χ0v) is 11.8. The number of anilines is 1. The number of hydrogen-bond acceptors (Lipinski definition) is 7. The average Bonchev–Trinajstić information content (AvgIpc) is 2.44. The fourth-order valence-corrected chi connectivity index (χ4v) is 1.31. The first-order valence-electron chi connectivity index (χ1n) is 6.14. The fraction of sp³-hybridized carbons (Fsp3) is 0.500. The summed E-state index contributed by atoms with van der Waals surface area (Å²) in [4.78, 5) is 25.0. The van der Waals surface area contributed by atoms with Gasteiger partial charge in [0.15, 0.2) is 0 Å². The molecule has 0 aliphatic carbocycles. The van der Waals surface area contributed by atoms with Crippen LogP contribution in [0.4, 0.5) is 10.7 Å². The molecule has 1 amide bonds. The highest BCUT2D eigenvalue weighted by atomic mass is 16.5. The average molecular weight is 282 g/mol. The van der Waals surface area contributed by atoms with E-state index in [4.69, 9.17) is 9.47 Å². The molecule has 0 atom stereocenters. The Kier molecular flexibility index (Phi) is 6.21. The summed E-state index contributed by atoms with van der Waals surface area (Å²) in [5, 5.41) is 0. The molecule has 0 aromatic carbocycles. The van der Waals surface area contributed by atoms with Crippen molar-refractivity contribution in [1.82, 2.24) is 15.0 Å². The minimum Gasteiger partial charge on any atom is -0.464 e. The molecule has 8 nitrogen and oxygen atoms in total. The van der Waals surface area contributed by atoms with Crippen LogP contribution in [0.1, 0.15) is 13.8 Å². The van der Waals surface area contributed by atoms with Gasteiger partial charge in [-0.15, -0.1) is 11.6 Å². The zero-order valence-electron chi connectivity index (χ0n) is 11.8. The second-order valence-corrected chi connectivity index (χ2v) is 3.44. The maximum atomic E-state index is 11.7. The van der Waals surface area contributed by atoms with Gasteiger partial charge in [-0.1, -0.05) is 6.08 Å². The summed E-state index contributed by atoms with van der Waals surface area (Å²) in [6.45, 7) is 8.13. The topological polar surface area (TPSA) is 86.7 Å². The van der Waals surface area contributed by atoms with Crippen LogP contribution < -0.4 is 14.4 Å². The third kappa shape index (κ3) is 4.08. The number of hydrogen-bond donors (Lipinski definition) is 0. The molecule has 0 N–H and O–H groups in total. The van der Waals surface area contributed by atoms with Crippen molar-refractivity contribution in [2.45, 2.75) is 13.8 Å². The molecular formula is C12H18N4O4. The molecule has 0 aliphatic heterocycles. The molecule has 0 unspecified atom stereocenters. The molecule has 0 fully saturated rings. The molecule has 1 aromatic rings. The van der Waals surface area contributed by atoms with Crippen LogP contribution in [-0.2, 0) is 4.74 Å². The number of aromatic nitrogens is 3. The van der Waals surface area contributed by atoms with E-state index in [-0.39, 0.29) is 24.5 Å². The molecular weight excluding hydrogens is 264 g/mol. The van der Waals surface area contributed by atoms with E-state index in [0.29, 0.717) is 13.2 Å². The molecule has 0 aliphatic rings. The summed E-state index contributed by atoms with van der Waals surface area (Å²) in [7, 11) is 1.27. The van der Waals surface area contributed by atoms with Crippen LogP contribution in [0.3, 0.4) is 0 Å². The summed E-state index contributed by atoms with van der Waals surface area (Å²) in [5.74, 6) is 0.0821. The third-order valence-electron chi connectivity index (χ3n) is 2.08. The van der Waals surface area contributed by atoms with Crippen LogP contribution in [0.15, 0.2) is 12.7 Å². The predicted molar refractivity (Wildman–Crippen MR) is 72.1 cm³/mol. The van der Waals surface area contributed by atoms with Crippen LogP contribution >= 0.6 is 0 Å². The van der Waals surface area contributed by atoms with Gasteiger partial charge < -0.3 is 14.2 Å². The van der Waals surface area contributed by atoms with Gasteiger partial charge in [0.2, 0.25) is 5.95 Å². The van der Waals surface area contributed by atoms with Gasteiger partial charge in [0.25, 0.3) is 0 Å². The van der Waals surface area contributed by atoms with Crippen LogP contribution in [0.2, 0.25) is 0 Å². The maximum Gasteiger partial charge on any atom is 0.416 e. The molecule has 20 heavy (non-hydrogen) atoms. The fourth-order valence-electron chi connectivity index (χ4n) is 1.31. The lowest BCUT2D eigenvalue weighted by Crippen LogP contribution is -2.32. The van der Waals surface area contributed by atoms with E-state index in [1.807, 2.05) is 0 Å². The summed E-state index contributed by atoms with van der Waals surface area (Å²) < 4.78 is 15.1. The van der Waals surface area contributed by atoms with E-state index < -0.39 is 6.09 Å². The maximum absolute atomic E-state index is 11.7. The Labute approximate surface area is 117 Å². The molecule has 1 rings (SSSR count). The number of carbonyl (C=O) groups is 1. The van der Waals surface area contributed by atoms with E-state index in [9.17, 15) is 4.79 Å². The Hall–Kier alpha value is -2.38. The van der Waals surface area contributed by atoms with E-state index in [1.54, 1.807) is 13.8 Å². The van der Waals surface area contributed by atoms with Crippen molar-refractivity contribution in [1.29, 1.82) is 0 Å². The Morgan fingerprint density at radius 2 is 1.75 bits per heavy atom. The van der Waals surface area contributed by atoms with Crippen LogP contribution in [0.5, 0.6) is 12.0 Å². The SMILES string of the molecule is C=CCN(C(=O)OC)c1nc(OCC)nc(OCC)n1. The van der Waals surface area contributed by atoms with Gasteiger partial charge in [-0.3, -0.25) is 0 Å². The quantitative estimate of drug-likeness (QED) is 0.699. The summed E-state index contributed by atoms with van der Waals surface area (Å²) >= 11 is 0. The van der Waals surface area contributed by atoms with Crippen LogP contribution in [-0.4, -0.2) is 47.9 Å². The molecule has 0 spiro atoms. The second-order valence-electron chi connectivity index (χ2n) is 3.44. The van der Waals surface area contributed by atoms with Crippen molar-refractivity contribution in [2.24, 2.45) is 0 Å². The minimum atomic E-state index is -0.610. The first-order chi connectivity index (χ1) is 9.65. The van der Waals surface area contributed by atoms with E-state index in [2.05, 4.69) is 26.3 Å². The van der Waals surface area contributed by atoms with Gasteiger partial charge in [-0.05, 0) is 13.8 Å². The van der Waals surface area contributed by atoms with E-state index in [1.165, 1.54) is 18.1 Å². The van der Waals surface area contributed by atoms with Gasteiger partial charge in [0.1, 0.15) is 0 Å². The summed E-state index contributed by atoms with van der Waals surface area (Å²) in [6.07, 6.45) is 0.919. The van der Waals surface area contributed by atoms with E-state index >= 15 is 0 Å². The lowest BCUT2D eigenvalue weighted by molar-refractivity contribution is 0.178. The molecule has 0 saturated heterocycles. The molecule has 0 radical (unpaired) electrons. The van der Waals surface area contributed by atoms with Crippen molar-refractivity contribution in [3.05, 3.63) is 12.7 Å². The minimum absolute atomic E-state index is 0.0821. The van der Waals surface area contributed by atoms with Crippen LogP contribution in [0.25, 0.3) is 0 Å². The highest BCUT2D eigenvalue weighted by Gasteiger charge is 2.20. The van der Waals surface area contributed by atoms with Crippen molar-refractivity contribution in [3.8, 4) is 12.0 Å². The normalized spacial score (nSPS) is 9.75. The third-order valence-corrected chi connectivity index (χ3v) is 2.08. The van der Waals surface area contributed by atoms with Crippen LogP contribution in [0, 0.1) is 0 Å². The smallest absolute Gasteiger partial charge is 0.416 e. The molecule has 0 saturated carbocycles. The van der Waals surface area contributed by atoms with Gasteiger partial charge in [0.05, 0.1) is 26.9 Å². The van der Waals surface area contributed by atoms with Crippen molar-refractivity contribution in [2.75, 3.05) is 31.8 Å². The Balaban J connectivity index is 3.16. The van der Waals surface area contributed by atoms with E-state index in [0.717, 1.165) is 0 Å². The van der Waals surface area contributed by atoms with Gasteiger partial charge in [-0.2, -0.15) is 9.97 Å². The zero-order chi connectivity index (χ0) is 15.0. The number of rotatable bonds is 7. The Morgan fingerprint density at radius 1 is 1.20 bits per heavy atom. The number of ether oxygens (including phenoxy) is 3. The lowest BCUT2D eigenvalue weighted by atomic mass is 10.5. The lowest BCUT2D eigenvalue weighted by Gasteiger charge is -2.18. The van der Waals surface area contributed by atoms with Crippen molar-refractivity contribution >= 4 is 12.0 Å².